The summed E-state index contributed by atoms with van der Waals surface area (Å²) in [7, 11) is 1.68. The van der Waals surface area contributed by atoms with Crippen molar-refractivity contribution in [2.75, 3.05) is 20.2 Å². The smallest absolute Gasteiger partial charge is 0.254 e. The van der Waals surface area contributed by atoms with Crippen molar-refractivity contribution < 1.29 is 9.53 Å². The number of imidazole rings is 1. The van der Waals surface area contributed by atoms with E-state index >= 15 is 0 Å². The quantitative estimate of drug-likeness (QED) is 0.394. The van der Waals surface area contributed by atoms with E-state index in [0.717, 1.165) is 64.3 Å². The molecule has 5 heterocycles. The number of hydrogen-bond acceptors (Lipinski definition) is 5. The Balaban J connectivity index is 1.45. The van der Waals surface area contributed by atoms with Crippen LogP contribution in [0.25, 0.3) is 27.9 Å². The molecule has 1 aromatic carbocycles. The van der Waals surface area contributed by atoms with Gasteiger partial charge in [0.25, 0.3) is 5.91 Å². The Bertz CT molecular complexity index is 1600. The minimum Gasteiger partial charge on any atom is -0.497 e. The van der Waals surface area contributed by atoms with E-state index in [0.29, 0.717) is 18.7 Å². The number of amides is 1. The van der Waals surface area contributed by atoms with E-state index in [1.807, 2.05) is 58.2 Å². The lowest BCUT2D eigenvalue weighted by Crippen LogP contribution is -2.45. The maximum atomic E-state index is 13.2. The minimum atomic E-state index is 0.0127. The second kappa shape index (κ2) is 9.37. The van der Waals surface area contributed by atoms with Crippen molar-refractivity contribution in [2.45, 2.75) is 32.4 Å². The second-order valence-corrected chi connectivity index (χ2v) is 9.74. The lowest BCUT2D eigenvalue weighted by Gasteiger charge is -2.30. The lowest BCUT2D eigenvalue weighted by molar-refractivity contribution is 0.0709. The molecule has 1 amide bonds. The molecule has 8 nitrogen and oxygen atoms in total. The number of nitrogens with zero attached hydrogens (tertiary/aromatic N) is 5. The standard InChI is InChI=1S/C29H30N6O2/c1-19-28(32-27-15-22(9-13-34(19)27)29(36)33-12-3-4-23(30)18-33)26-14-21-5-6-24(37-2)16-25(21)35(26)17-20-7-10-31-11-8-20/h5-11,13-16,23H,3-4,12,17-18,30H2,1-2H3/t23-/m1/s1. The van der Waals surface area contributed by atoms with E-state index in [-0.39, 0.29) is 11.9 Å². The van der Waals surface area contributed by atoms with E-state index in [9.17, 15) is 4.79 Å². The van der Waals surface area contributed by atoms with Crippen LogP contribution in [0.2, 0.25) is 0 Å². The van der Waals surface area contributed by atoms with Gasteiger partial charge in [-0.15, -0.1) is 0 Å². The topological polar surface area (TPSA) is 90.7 Å². The van der Waals surface area contributed by atoms with Crippen LogP contribution in [0, 0.1) is 6.92 Å². The van der Waals surface area contributed by atoms with Crippen LogP contribution in [-0.2, 0) is 6.54 Å². The van der Waals surface area contributed by atoms with Crippen molar-refractivity contribution >= 4 is 22.5 Å². The highest BCUT2D eigenvalue weighted by Gasteiger charge is 2.24. The number of pyridine rings is 2. The normalized spacial score (nSPS) is 16.0. The summed E-state index contributed by atoms with van der Waals surface area (Å²) in [6.45, 7) is 4.08. The van der Waals surface area contributed by atoms with Gasteiger partial charge in [0.1, 0.15) is 17.1 Å². The highest BCUT2D eigenvalue weighted by molar-refractivity contribution is 5.95. The Kier molecular flexibility index (Phi) is 5.88. The van der Waals surface area contributed by atoms with Gasteiger partial charge in [-0.2, -0.15) is 0 Å². The highest BCUT2D eigenvalue weighted by atomic mass is 16.5. The number of benzene rings is 1. The molecule has 1 atom stereocenters. The van der Waals surface area contributed by atoms with Gasteiger partial charge in [-0.1, -0.05) is 0 Å². The molecule has 0 unspecified atom stereocenters. The molecule has 6 rings (SSSR count). The van der Waals surface area contributed by atoms with Crippen LogP contribution in [0.5, 0.6) is 5.75 Å². The molecule has 1 fully saturated rings. The van der Waals surface area contributed by atoms with Gasteiger partial charge in [-0.3, -0.25) is 9.78 Å². The number of ether oxygens (including phenoxy) is 1. The molecule has 5 aromatic rings. The summed E-state index contributed by atoms with van der Waals surface area (Å²) < 4.78 is 9.83. The number of aromatic nitrogens is 4. The molecule has 37 heavy (non-hydrogen) atoms. The van der Waals surface area contributed by atoms with Gasteiger partial charge in [0, 0.05) is 67.0 Å². The van der Waals surface area contributed by atoms with Crippen LogP contribution in [-0.4, -0.2) is 56.0 Å². The number of hydrogen-bond donors (Lipinski definition) is 1. The van der Waals surface area contributed by atoms with Crippen molar-refractivity contribution in [1.29, 1.82) is 0 Å². The Labute approximate surface area is 215 Å². The molecular weight excluding hydrogens is 464 g/mol. The van der Waals surface area contributed by atoms with Crippen LogP contribution in [0.15, 0.2) is 67.1 Å². The Morgan fingerprint density at radius 1 is 1.14 bits per heavy atom. The summed E-state index contributed by atoms with van der Waals surface area (Å²) in [5, 5.41) is 1.11. The van der Waals surface area contributed by atoms with Crippen molar-refractivity contribution in [2.24, 2.45) is 5.73 Å². The van der Waals surface area contributed by atoms with E-state index in [1.165, 1.54) is 0 Å². The maximum absolute atomic E-state index is 13.2. The Morgan fingerprint density at radius 3 is 2.76 bits per heavy atom. The summed E-state index contributed by atoms with van der Waals surface area (Å²) in [6, 6.07) is 16.1. The number of carbonyl (C=O) groups excluding carboxylic acids is 1. The first-order valence-electron chi connectivity index (χ1n) is 12.6. The molecule has 4 aromatic heterocycles. The van der Waals surface area contributed by atoms with E-state index < -0.39 is 0 Å². The van der Waals surface area contributed by atoms with Crippen molar-refractivity contribution in [3.05, 3.63) is 83.9 Å². The molecule has 1 saturated heterocycles. The van der Waals surface area contributed by atoms with Crippen LogP contribution in [0.3, 0.4) is 0 Å². The number of fused-ring (bicyclic) bond motifs is 2. The zero-order chi connectivity index (χ0) is 25.5. The lowest BCUT2D eigenvalue weighted by atomic mass is 10.1. The minimum absolute atomic E-state index is 0.0127. The zero-order valence-corrected chi connectivity index (χ0v) is 21.1. The van der Waals surface area contributed by atoms with Crippen molar-refractivity contribution in [3.8, 4) is 17.1 Å². The number of carbonyl (C=O) groups is 1. The first kappa shape index (κ1) is 23.2. The van der Waals surface area contributed by atoms with Crippen LogP contribution in [0.4, 0.5) is 0 Å². The average Bonchev–Trinajstić information content (AvgIpc) is 3.45. The van der Waals surface area contributed by atoms with Crippen LogP contribution >= 0.6 is 0 Å². The fourth-order valence-electron chi connectivity index (χ4n) is 5.32. The third-order valence-electron chi connectivity index (χ3n) is 7.30. The summed E-state index contributed by atoms with van der Waals surface area (Å²) in [4.78, 5) is 24.3. The molecule has 8 heteroatoms. The van der Waals surface area contributed by atoms with Gasteiger partial charge in [-0.25, -0.2) is 4.98 Å². The first-order chi connectivity index (χ1) is 18.0. The number of methoxy groups -OCH3 is 1. The molecular formula is C29H30N6O2. The molecule has 0 radical (unpaired) electrons. The summed E-state index contributed by atoms with van der Waals surface area (Å²) in [5.41, 5.74) is 12.6. The monoisotopic (exact) mass is 494 g/mol. The average molecular weight is 495 g/mol. The van der Waals surface area contributed by atoms with E-state index in [4.69, 9.17) is 15.5 Å². The number of piperidine rings is 1. The predicted molar refractivity (Wildman–Crippen MR) is 144 cm³/mol. The van der Waals surface area contributed by atoms with Crippen molar-refractivity contribution in [1.82, 2.24) is 23.8 Å². The molecule has 1 aliphatic heterocycles. The third kappa shape index (κ3) is 4.23. The Hall–Kier alpha value is -4.17. The van der Waals surface area contributed by atoms with Gasteiger partial charge in [0.05, 0.1) is 18.3 Å². The SMILES string of the molecule is COc1ccc2cc(-c3nc4cc(C(=O)N5CCC[C@@H](N)C5)ccn4c3C)n(Cc3ccncc3)c2c1. The van der Waals surface area contributed by atoms with Crippen molar-refractivity contribution in [3.63, 3.8) is 0 Å². The van der Waals surface area contributed by atoms with Gasteiger partial charge < -0.3 is 24.3 Å². The number of rotatable bonds is 5. The highest BCUT2D eigenvalue weighted by Crippen LogP contribution is 2.33. The number of likely N-dealkylation sites (tertiary alicyclic amines) is 1. The van der Waals surface area contributed by atoms with Crippen LogP contribution < -0.4 is 10.5 Å². The number of nitrogens with two attached hydrogens (primary N) is 1. The fourth-order valence-corrected chi connectivity index (χ4v) is 5.32. The second-order valence-electron chi connectivity index (χ2n) is 9.74. The summed E-state index contributed by atoms with van der Waals surface area (Å²) in [5.74, 6) is 0.819. The predicted octanol–water partition coefficient (Wildman–Crippen LogP) is 4.28. The van der Waals surface area contributed by atoms with E-state index in [2.05, 4.69) is 34.7 Å². The largest absolute Gasteiger partial charge is 0.497 e. The molecule has 1 aliphatic rings. The molecule has 0 bridgehead atoms. The molecule has 0 aliphatic carbocycles. The third-order valence-corrected chi connectivity index (χ3v) is 7.30. The fraction of sp³-hybridized carbons (Fsp3) is 0.276. The van der Waals surface area contributed by atoms with Gasteiger partial charge in [-0.05, 0) is 67.8 Å². The molecule has 2 N–H and O–H groups in total. The van der Waals surface area contributed by atoms with E-state index in [1.54, 1.807) is 7.11 Å². The number of aryl methyl sites for hydroxylation is 1. The van der Waals surface area contributed by atoms with Gasteiger partial charge in [0.15, 0.2) is 0 Å². The zero-order valence-electron chi connectivity index (χ0n) is 21.1. The summed E-state index contributed by atoms with van der Waals surface area (Å²) in [6.07, 6.45) is 7.47. The molecule has 0 spiro atoms. The molecule has 188 valence electrons. The molecule has 0 saturated carbocycles. The maximum Gasteiger partial charge on any atom is 0.254 e. The van der Waals surface area contributed by atoms with Crippen LogP contribution in [0.1, 0.15) is 34.5 Å². The Morgan fingerprint density at radius 2 is 1.97 bits per heavy atom. The first-order valence-corrected chi connectivity index (χ1v) is 12.6. The summed E-state index contributed by atoms with van der Waals surface area (Å²) >= 11 is 0. The van der Waals surface area contributed by atoms with Gasteiger partial charge >= 0.3 is 0 Å². The van der Waals surface area contributed by atoms with Gasteiger partial charge in [0.2, 0.25) is 0 Å².